The fraction of sp³-hybridized carbons (Fsp3) is 0.150. The smallest absolute Gasteiger partial charge is 0.234 e. The van der Waals surface area contributed by atoms with Gasteiger partial charge in [-0.15, -0.1) is 11.8 Å². The van der Waals surface area contributed by atoms with Gasteiger partial charge in [0.2, 0.25) is 12.7 Å². The van der Waals surface area contributed by atoms with E-state index in [0.29, 0.717) is 5.75 Å². The van der Waals surface area contributed by atoms with Gasteiger partial charge in [-0.3, -0.25) is 4.79 Å². The number of nitrogens with one attached hydrogen (secondary N) is 1. The molecule has 0 saturated heterocycles. The van der Waals surface area contributed by atoms with Gasteiger partial charge in [0.15, 0.2) is 11.5 Å². The summed E-state index contributed by atoms with van der Waals surface area (Å²) in [5, 5.41) is 5.18. The van der Waals surface area contributed by atoms with Crippen molar-refractivity contribution in [2.75, 3.05) is 17.9 Å². The highest BCUT2D eigenvalue weighted by atomic mass is 32.2. The Morgan fingerprint density at radius 2 is 1.84 bits per heavy atom. The highest BCUT2D eigenvalue weighted by molar-refractivity contribution is 7.99. The van der Waals surface area contributed by atoms with E-state index >= 15 is 0 Å². The Bertz CT molecular complexity index is 920. The van der Waals surface area contributed by atoms with Crippen molar-refractivity contribution in [1.82, 2.24) is 0 Å². The van der Waals surface area contributed by atoms with Crippen LogP contribution in [0.1, 0.15) is 5.56 Å². The Labute approximate surface area is 150 Å². The first-order valence-electron chi connectivity index (χ1n) is 8.03. The third kappa shape index (κ3) is 3.56. The SMILES string of the molecule is O=C(CSCc1ccc2c(c1)OCO2)Nc1cccc2ccccc12. The first kappa shape index (κ1) is 15.8. The zero-order valence-corrected chi connectivity index (χ0v) is 14.3. The standard InChI is InChI=1S/C20H17NO3S/c22-20(21-17-7-3-5-15-4-1-2-6-16(15)17)12-25-11-14-8-9-18-19(10-14)24-13-23-18/h1-10H,11-13H2,(H,21,22). The maximum absolute atomic E-state index is 12.3. The maximum Gasteiger partial charge on any atom is 0.234 e. The Balaban J connectivity index is 1.35. The number of amides is 1. The third-order valence-electron chi connectivity index (χ3n) is 4.00. The summed E-state index contributed by atoms with van der Waals surface area (Å²) in [5.41, 5.74) is 1.97. The monoisotopic (exact) mass is 351 g/mol. The molecule has 5 heteroatoms. The molecule has 0 unspecified atom stereocenters. The fourth-order valence-electron chi connectivity index (χ4n) is 2.81. The molecule has 1 aliphatic heterocycles. The van der Waals surface area contributed by atoms with Crippen LogP contribution >= 0.6 is 11.8 Å². The molecule has 25 heavy (non-hydrogen) atoms. The van der Waals surface area contributed by atoms with E-state index < -0.39 is 0 Å². The van der Waals surface area contributed by atoms with E-state index in [2.05, 4.69) is 5.32 Å². The molecule has 0 atom stereocenters. The molecule has 0 aromatic heterocycles. The molecule has 1 heterocycles. The van der Waals surface area contributed by atoms with Crippen LogP contribution in [0.5, 0.6) is 11.5 Å². The number of ether oxygens (including phenoxy) is 2. The summed E-state index contributed by atoms with van der Waals surface area (Å²) in [7, 11) is 0. The van der Waals surface area contributed by atoms with Gasteiger partial charge in [0.25, 0.3) is 0 Å². The minimum Gasteiger partial charge on any atom is -0.454 e. The Morgan fingerprint density at radius 1 is 1.00 bits per heavy atom. The lowest BCUT2D eigenvalue weighted by Gasteiger charge is -2.09. The van der Waals surface area contributed by atoms with Gasteiger partial charge in [-0.25, -0.2) is 0 Å². The van der Waals surface area contributed by atoms with E-state index in [1.165, 1.54) is 0 Å². The molecule has 4 nitrogen and oxygen atoms in total. The van der Waals surface area contributed by atoms with Crippen molar-refractivity contribution in [1.29, 1.82) is 0 Å². The molecule has 126 valence electrons. The molecule has 0 saturated carbocycles. The summed E-state index contributed by atoms with van der Waals surface area (Å²) in [4.78, 5) is 12.3. The van der Waals surface area contributed by atoms with Crippen LogP contribution in [-0.4, -0.2) is 18.5 Å². The lowest BCUT2D eigenvalue weighted by atomic mass is 10.1. The summed E-state index contributed by atoms with van der Waals surface area (Å²) in [6, 6.07) is 19.8. The number of carbonyl (C=O) groups is 1. The lowest BCUT2D eigenvalue weighted by molar-refractivity contribution is -0.113. The molecule has 0 spiro atoms. The predicted molar refractivity (Wildman–Crippen MR) is 101 cm³/mol. The van der Waals surface area contributed by atoms with E-state index in [0.717, 1.165) is 39.3 Å². The molecule has 1 N–H and O–H groups in total. The average molecular weight is 351 g/mol. The zero-order chi connectivity index (χ0) is 17.1. The number of hydrogen-bond donors (Lipinski definition) is 1. The lowest BCUT2D eigenvalue weighted by Crippen LogP contribution is -2.14. The highest BCUT2D eigenvalue weighted by Gasteiger charge is 2.13. The Morgan fingerprint density at radius 3 is 2.80 bits per heavy atom. The van der Waals surface area contributed by atoms with E-state index in [-0.39, 0.29) is 12.7 Å². The Kier molecular flexibility index (Phi) is 4.48. The van der Waals surface area contributed by atoms with Gasteiger partial charge in [-0.2, -0.15) is 0 Å². The van der Waals surface area contributed by atoms with Gasteiger partial charge >= 0.3 is 0 Å². The summed E-state index contributed by atoms with van der Waals surface area (Å²) in [6.07, 6.45) is 0. The number of hydrogen-bond acceptors (Lipinski definition) is 4. The van der Waals surface area contributed by atoms with Crippen molar-refractivity contribution < 1.29 is 14.3 Å². The highest BCUT2D eigenvalue weighted by Crippen LogP contribution is 2.33. The number of fused-ring (bicyclic) bond motifs is 2. The normalized spacial score (nSPS) is 12.3. The van der Waals surface area contributed by atoms with E-state index in [1.54, 1.807) is 11.8 Å². The van der Waals surface area contributed by atoms with Gasteiger partial charge in [0, 0.05) is 16.8 Å². The van der Waals surface area contributed by atoms with Gasteiger partial charge in [-0.05, 0) is 29.1 Å². The van der Waals surface area contributed by atoms with Gasteiger partial charge in [0.1, 0.15) is 0 Å². The van der Waals surface area contributed by atoms with Crippen molar-refractivity contribution in [2.45, 2.75) is 5.75 Å². The first-order valence-corrected chi connectivity index (χ1v) is 9.19. The van der Waals surface area contributed by atoms with Crippen LogP contribution in [0, 0.1) is 0 Å². The second-order valence-corrected chi connectivity index (χ2v) is 6.74. The molecular formula is C20H17NO3S. The van der Waals surface area contributed by atoms with Crippen molar-refractivity contribution in [2.24, 2.45) is 0 Å². The van der Waals surface area contributed by atoms with Crippen molar-refractivity contribution in [3.05, 3.63) is 66.2 Å². The van der Waals surface area contributed by atoms with Crippen molar-refractivity contribution in [3.8, 4) is 11.5 Å². The van der Waals surface area contributed by atoms with Crippen LogP contribution in [0.4, 0.5) is 5.69 Å². The summed E-state index contributed by atoms with van der Waals surface area (Å²) >= 11 is 1.58. The van der Waals surface area contributed by atoms with Crippen molar-refractivity contribution in [3.63, 3.8) is 0 Å². The Hall–Kier alpha value is -2.66. The van der Waals surface area contributed by atoms with Crippen LogP contribution in [0.3, 0.4) is 0 Å². The number of anilines is 1. The number of benzene rings is 3. The summed E-state index contributed by atoms with van der Waals surface area (Å²) < 4.78 is 10.7. The van der Waals surface area contributed by atoms with Crippen LogP contribution in [0.15, 0.2) is 60.7 Å². The van der Waals surface area contributed by atoms with E-state index in [9.17, 15) is 4.79 Å². The largest absolute Gasteiger partial charge is 0.454 e. The van der Waals surface area contributed by atoms with Gasteiger partial charge < -0.3 is 14.8 Å². The van der Waals surface area contributed by atoms with Crippen molar-refractivity contribution >= 4 is 34.1 Å². The number of rotatable bonds is 5. The van der Waals surface area contributed by atoms with Crippen LogP contribution in [0.25, 0.3) is 10.8 Å². The second-order valence-electron chi connectivity index (χ2n) is 5.76. The summed E-state index contributed by atoms with van der Waals surface area (Å²) in [6.45, 7) is 0.277. The van der Waals surface area contributed by atoms with Gasteiger partial charge in [-0.1, -0.05) is 42.5 Å². The average Bonchev–Trinajstić information content (AvgIpc) is 3.10. The topological polar surface area (TPSA) is 47.6 Å². The maximum atomic E-state index is 12.3. The molecule has 3 aromatic carbocycles. The predicted octanol–water partition coefficient (Wildman–Crippen LogP) is 4.44. The second kappa shape index (κ2) is 7.07. The molecular weight excluding hydrogens is 334 g/mol. The zero-order valence-electron chi connectivity index (χ0n) is 13.5. The molecule has 4 rings (SSSR count). The van der Waals surface area contributed by atoms with E-state index in [4.69, 9.17) is 9.47 Å². The molecule has 0 fully saturated rings. The first-order chi connectivity index (χ1) is 12.3. The third-order valence-corrected chi connectivity index (χ3v) is 5.01. The minimum absolute atomic E-state index is 0.00194. The molecule has 3 aromatic rings. The molecule has 1 amide bonds. The summed E-state index contributed by atoms with van der Waals surface area (Å²) in [5.74, 6) is 2.71. The van der Waals surface area contributed by atoms with Crippen LogP contribution in [-0.2, 0) is 10.5 Å². The van der Waals surface area contributed by atoms with Crippen LogP contribution < -0.4 is 14.8 Å². The molecule has 1 aliphatic rings. The number of carbonyl (C=O) groups excluding carboxylic acids is 1. The molecule has 0 radical (unpaired) electrons. The number of thioether (sulfide) groups is 1. The molecule has 0 bridgehead atoms. The van der Waals surface area contributed by atoms with Gasteiger partial charge in [0.05, 0.1) is 5.75 Å². The quantitative estimate of drug-likeness (QED) is 0.738. The minimum atomic E-state index is 0.00194. The van der Waals surface area contributed by atoms with Crippen LogP contribution in [0.2, 0.25) is 0 Å². The molecule has 0 aliphatic carbocycles. The fourth-order valence-corrected chi connectivity index (χ4v) is 3.59. The van der Waals surface area contributed by atoms with E-state index in [1.807, 2.05) is 60.7 Å².